The molecule has 1 aromatic heterocycles. The summed E-state index contributed by atoms with van der Waals surface area (Å²) in [5.41, 5.74) is 0.515. The molecule has 0 spiro atoms. The lowest BCUT2D eigenvalue weighted by Crippen LogP contribution is -2.29. The fourth-order valence-electron chi connectivity index (χ4n) is 2.55. The Morgan fingerprint density at radius 1 is 1.04 bits per heavy atom. The Bertz CT molecular complexity index is 1050. The summed E-state index contributed by atoms with van der Waals surface area (Å²) in [6.45, 7) is -0.309. The summed E-state index contributed by atoms with van der Waals surface area (Å²) in [6.07, 6.45) is 0. The summed E-state index contributed by atoms with van der Waals surface area (Å²) in [6, 6.07) is 13.7. The van der Waals surface area contributed by atoms with Gasteiger partial charge < -0.3 is 14.8 Å². The predicted octanol–water partition coefficient (Wildman–Crippen LogP) is 2.71. The maximum atomic E-state index is 14.3. The first-order valence-electron chi connectivity index (χ1n) is 8.36. The van der Waals surface area contributed by atoms with Gasteiger partial charge in [0, 0.05) is 23.4 Å². The minimum Gasteiger partial charge on any atom is -0.497 e. The average Bonchev–Trinajstić information content (AvgIpc) is 2.70. The van der Waals surface area contributed by atoms with Gasteiger partial charge in [0.25, 0.3) is 5.56 Å². The fraction of sp³-hybridized carbons (Fsp3) is 0.150. The molecule has 3 aromatic rings. The number of nitrogens with zero attached hydrogens (tertiary/aromatic N) is 2. The van der Waals surface area contributed by atoms with Crippen molar-refractivity contribution in [2.75, 3.05) is 19.5 Å². The molecule has 0 saturated carbocycles. The van der Waals surface area contributed by atoms with Crippen LogP contribution in [0.25, 0.3) is 11.3 Å². The normalized spacial score (nSPS) is 10.4. The highest BCUT2D eigenvalue weighted by atomic mass is 19.1. The minimum absolute atomic E-state index is 0.199. The number of methoxy groups -OCH3 is 2. The number of ether oxygens (including phenoxy) is 2. The zero-order chi connectivity index (χ0) is 20.1. The van der Waals surface area contributed by atoms with E-state index in [1.807, 2.05) is 0 Å². The Morgan fingerprint density at radius 3 is 2.36 bits per heavy atom. The highest BCUT2D eigenvalue weighted by Gasteiger charge is 2.12. The monoisotopic (exact) mass is 383 g/mol. The van der Waals surface area contributed by atoms with Crippen LogP contribution in [-0.4, -0.2) is 29.9 Å². The number of nitrogens with one attached hydrogen (secondary N) is 1. The zero-order valence-electron chi connectivity index (χ0n) is 15.3. The van der Waals surface area contributed by atoms with Gasteiger partial charge in [-0.05, 0) is 42.5 Å². The third kappa shape index (κ3) is 4.35. The van der Waals surface area contributed by atoms with Gasteiger partial charge in [-0.1, -0.05) is 0 Å². The van der Waals surface area contributed by atoms with Crippen LogP contribution in [0.4, 0.5) is 10.1 Å². The third-order valence-electron chi connectivity index (χ3n) is 3.99. The minimum atomic E-state index is -0.542. The highest BCUT2D eigenvalue weighted by Crippen LogP contribution is 2.24. The van der Waals surface area contributed by atoms with Crippen LogP contribution >= 0.6 is 0 Å². The quantitative estimate of drug-likeness (QED) is 0.708. The summed E-state index contributed by atoms with van der Waals surface area (Å²) in [5, 5.41) is 6.78. The van der Waals surface area contributed by atoms with E-state index in [0.717, 1.165) is 4.68 Å². The van der Waals surface area contributed by atoms with Crippen molar-refractivity contribution in [3.8, 4) is 22.8 Å². The second-order valence-corrected chi connectivity index (χ2v) is 5.84. The summed E-state index contributed by atoms with van der Waals surface area (Å²) in [4.78, 5) is 24.3. The summed E-state index contributed by atoms with van der Waals surface area (Å²) in [5.74, 6) is 0.0467. The maximum absolute atomic E-state index is 14.3. The number of carbonyl (C=O) groups is 1. The first-order valence-corrected chi connectivity index (χ1v) is 8.36. The van der Waals surface area contributed by atoms with Crippen LogP contribution in [0.5, 0.6) is 11.5 Å². The lowest BCUT2D eigenvalue weighted by atomic mass is 10.1. The number of halogens is 1. The molecule has 0 atom stereocenters. The lowest BCUT2D eigenvalue weighted by molar-refractivity contribution is -0.117. The van der Waals surface area contributed by atoms with Gasteiger partial charge in [-0.2, -0.15) is 5.10 Å². The zero-order valence-corrected chi connectivity index (χ0v) is 15.3. The van der Waals surface area contributed by atoms with E-state index < -0.39 is 17.3 Å². The molecule has 1 N–H and O–H groups in total. The van der Waals surface area contributed by atoms with Crippen LogP contribution in [0.2, 0.25) is 0 Å². The van der Waals surface area contributed by atoms with Gasteiger partial charge in [-0.15, -0.1) is 0 Å². The number of carbonyl (C=O) groups excluding carboxylic acids is 1. The van der Waals surface area contributed by atoms with E-state index in [9.17, 15) is 14.0 Å². The molecule has 144 valence electrons. The van der Waals surface area contributed by atoms with Crippen LogP contribution in [0, 0.1) is 5.82 Å². The number of benzene rings is 2. The number of amides is 1. The second kappa shape index (κ2) is 8.34. The highest BCUT2D eigenvalue weighted by molar-refractivity contribution is 5.90. The SMILES string of the molecule is COc1ccc(NC(=O)Cn2nc(-c3ccc(OC)cc3F)ccc2=O)cc1. The molecule has 0 aliphatic carbocycles. The molecular weight excluding hydrogens is 365 g/mol. The fourth-order valence-corrected chi connectivity index (χ4v) is 2.55. The van der Waals surface area contributed by atoms with Crippen molar-refractivity contribution in [2.45, 2.75) is 6.54 Å². The summed E-state index contributed by atoms with van der Waals surface area (Å²) < 4.78 is 25.3. The molecule has 1 amide bonds. The van der Waals surface area contributed by atoms with Crippen molar-refractivity contribution in [1.82, 2.24) is 9.78 Å². The van der Waals surface area contributed by atoms with Gasteiger partial charge in [0.15, 0.2) is 0 Å². The predicted molar refractivity (Wildman–Crippen MR) is 102 cm³/mol. The van der Waals surface area contributed by atoms with E-state index in [2.05, 4.69) is 10.4 Å². The van der Waals surface area contributed by atoms with Crippen molar-refractivity contribution >= 4 is 11.6 Å². The molecular formula is C20H18FN3O4. The smallest absolute Gasteiger partial charge is 0.267 e. The molecule has 7 nitrogen and oxygen atoms in total. The van der Waals surface area contributed by atoms with Crippen molar-refractivity contribution in [3.05, 3.63) is 70.8 Å². The van der Waals surface area contributed by atoms with Crippen LogP contribution in [-0.2, 0) is 11.3 Å². The van der Waals surface area contributed by atoms with E-state index in [-0.39, 0.29) is 17.8 Å². The molecule has 2 aromatic carbocycles. The topological polar surface area (TPSA) is 82.4 Å². The molecule has 0 radical (unpaired) electrons. The third-order valence-corrected chi connectivity index (χ3v) is 3.99. The molecule has 0 unspecified atom stereocenters. The van der Waals surface area contributed by atoms with Crippen LogP contribution in [0.3, 0.4) is 0 Å². The van der Waals surface area contributed by atoms with E-state index in [1.165, 1.54) is 31.4 Å². The molecule has 1 heterocycles. The number of hydrogen-bond donors (Lipinski definition) is 1. The van der Waals surface area contributed by atoms with Crippen molar-refractivity contribution in [3.63, 3.8) is 0 Å². The lowest BCUT2D eigenvalue weighted by Gasteiger charge is -2.10. The summed E-state index contributed by atoms with van der Waals surface area (Å²) >= 11 is 0. The Balaban J connectivity index is 1.79. The molecule has 0 bridgehead atoms. The molecule has 8 heteroatoms. The molecule has 28 heavy (non-hydrogen) atoms. The van der Waals surface area contributed by atoms with E-state index in [4.69, 9.17) is 9.47 Å². The Kier molecular flexibility index (Phi) is 5.69. The molecule has 3 rings (SSSR count). The average molecular weight is 383 g/mol. The standard InChI is InChI=1S/C20H18FN3O4/c1-27-14-5-3-13(4-6-14)22-19(25)12-24-20(26)10-9-18(23-24)16-8-7-15(28-2)11-17(16)21/h3-11H,12H2,1-2H3,(H,22,25). The Hall–Kier alpha value is -3.68. The Labute approximate surface area is 160 Å². The van der Waals surface area contributed by atoms with Crippen molar-refractivity contribution in [1.29, 1.82) is 0 Å². The van der Waals surface area contributed by atoms with E-state index in [0.29, 0.717) is 17.2 Å². The Morgan fingerprint density at radius 2 is 1.71 bits per heavy atom. The largest absolute Gasteiger partial charge is 0.497 e. The van der Waals surface area contributed by atoms with E-state index in [1.54, 1.807) is 37.4 Å². The second-order valence-electron chi connectivity index (χ2n) is 5.84. The summed E-state index contributed by atoms with van der Waals surface area (Å²) in [7, 11) is 2.98. The van der Waals surface area contributed by atoms with Crippen LogP contribution in [0.1, 0.15) is 0 Å². The van der Waals surface area contributed by atoms with Gasteiger partial charge in [0.1, 0.15) is 23.9 Å². The van der Waals surface area contributed by atoms with Crippen molar-refractivity contribution < 1.29 is 18.7 Å². The molecule has 0 aliphatic heterocycles. The molecule has 0 saturated heterocycles. The van der Waals surface area contributed by atoms with Gasteiger partial charge in [-0.3, -0.25) is 9.59 Å². The number of aromatic nitrogens is 2. The number of anilines is 1. The molecule has 0 aliphatic rings. The van der Waals surface area contributed by atoms with Gasteiger partial charge in [0.05, 0.1) is 19.9 Å². The van der Waals surface area contributed by atoms with Gasteiger partial charge in [-0.25, -0.2) is 9.07 Å². The number of rotatable bonds is 6. The first-order chi connectivity index (χ1) is 13.5. The van der Waals surface area contributed by atoms with Gasteiger partial charge >= 0.3 is 0 Å². The van der Waals surface area contributed by atoms with Gasteiger partial charge in [0.2, 0.25) is 5.91 Å². The van der Waals surface area contributed by atoms with Crippen molar-refractivity contribution in [2.24, 2.45) is 0 Å². The molecule has 0 fully saturated rings. The van der Waals surface area contributed by atoms with Crippen LogP contribution < -0.4 is 20.3 Å². The maximum Gasteiger partial charge on any atom is 0.267 e. The van der Waals surface area contributed by atoms with Crippen LogP contribution in [0.15, 0.2) is 59.4 Å². The first kappa shape index (κ1) is 19.1. The number of hydrogen-bond acceptors (Lipinski definition) is 5. The van der Waals surface area contributed by atoms with E-state index >= 15 is 0 Å².